The summed E-state index contributed by atoms with van der Waals surface area (Å²) in [5.41, 5.74) is -0.964. The molecule has 0 saturated heterocycles. The minimum absolute atomic E-state index is 0.369. The second-order valence-corrected chi connectivity index (χ2v) is 2.54. The normalized spacial score (nSPS) is 10.5. The Morgan fingerprint density at radius 2 is 2.23 bits per heavy atom. The van der Waals surface area contributed by atoms with Crippen LogP contribution in [-0.4, -0.2) is 15.3 Å². The van der Waals surface area contributed by atoms with Gasteiger partial charge in [-0.25, -0.2) is 8.78 Å². The van der Waals surface area contributed by atoms with Gasteiger partial charge in [0.1, 0.15) is 11.4 Å². The number of halogens is 3. The Hall–Kier alpha value is -1.23. The minimum atomic E-state index is -2.80. The zero-order valence-corrected chi connectivity index (χ0v) is 6.92. The summed E-state index contributed by atoms with van der Waals surface area (Å²) in [6.45, 7) is 0. The van der Waals surface area contributed by atoms with Gasteiger partial charge in [-0.15, -0.1) is 0 Å². The Kier molecular flexibility index (Phi) is 2.77. The number of pyridine rings is 1. The van der Waals surface area contributed by atoms with Gasteiger partial charge < -0.3 is 5.11 Å². The standard InChI is InChI=1S/C7H4ClF2NO2/c8-6(13)3-1-4(7(9)10)11-2-5(3)12/h1-2,7,12H. The van der Waals surface area contributed by atoms with Crippen molar-refractivity contribution in [3.8, 4) is 5.75 Å². The van der Waals surface area contributed by atoms with E-state index in [0.717, 1.165) is 12.3 Å². The van der Waals surface area contributed by atoms with Crippen LogP contribution in [0.2, 0.25) is 0 Å². The molecule has 1 N–H and O–H groups in total. The Morgan fingerprint density at radius 1 is 1.62 bits per heavy atom. The summed E-state index contributed by atoms with van der Waals surface area (Å²) in [6, 6.07) is 0.759. The molecule has 0 radical (unpaired) electrons. The van der Waals surface area contributed by atoms with E-state index < -0.39 is 23.1 Å². The molecule has 0 spiro atoms. The Bertz CT molecular complexity index is 343. The molecular formula is C7H4ClF2NO2. The van der Waals surface area contributed by atoms with Gasteiger partial charge in [0, 0.05) is 0 Å². The van der Waals surface area contributed by atoms with Crippen LogP contribution in [0.3, 0.4) is 0 Å². The van der Waals surface area contributed by atoms with Gasteiger partial charge in [-0.05, 0) is 17.7 Å². The van der Waals surface area contributed by atoms with E-state index in [1.807, 2.05) is 0 Å². The third-order valence-corrected chi connectivity index (χ3v) is 1.54. The molecule has 0 saturated carbocycles. The lowest BCUT2D eigenvalue weighted by Gasteiger charge is -2.01. The fourth-order valence-electron chi connectivity index (χ4n) is 0.741. The Morgan fingerprint density at radius 3 is 2.69 bits per heavy atom. The fraction of sp³-hybridized carbons (Fsp3) is 0.143. The van der Waals surface area contributed by atoms with Gasteiger partial charge in [0.25, 0.3) is 11.7 Å². The van der Waals surface area contributed by atoms with Crippen molar-refractivity contribution in [3.63, 3.8) is 0 Å². The molecule has 0 atom stereocenters. The molecule has 0 bridgehead atoms. The van der Waals surface area contributed by atoms with Crippen molar-refractivity contribution in [1.29, 1.82) is 0 Å². The fourth-order valence-corrected chi connectivity index (χ4v) is 0.892. The quantitative estimate of drug-likeness (QED) is 0.756. The maximum atomic E-state index is 12.0. The van der Waals surface area contributed by atoms with E-state index in [2.05, 4.69) is 4.98 Å². The van der Waals surface area contributed by atoms with Gasteiger partial charge in [0.15, 0.2) is 0 Å². The van der Waals surface area contributed by atoms with Crippen LogP contribution in [0.1, 0.15) is 22.5 Å². The summed E-state index contributed by atoms with van der Waals surface area (Å²) in [7, 11) is 0. The van der Waals surface area contributed by atoms with Gasteiger partial charge >= 0.3 is 0 Å². The maximum absolute atomic E-state index is 12.0. The number of nitrogens with zero attached hydrogens (tertiary/aromatic N) is 1. The van der Waals surface area contributed by atoms with E-state index in [4.69, 9.17) is 16.7 Å². The van der Waals surface area contributed by atoms with Gasteiger partial charge in [-0.3, -0.25) is 9.78 Å². The molecule has 1 aromatic heterocycles. The number of alkyl halides is 2. The second-order valence-electron chi connectivity index (χ2n) is 2.20. The summed E-state index contributed by atoms with van der Waals surface area (Å²) in [6.07, 6.45) is -2.03. The highest BCUT2D eigenvalue weighted by atomic mass is 35.5. The highest BCUT2D eigenvalue weighted by Gasteiger charge is 2.15. The average molecular weight is 208 g/mol. The van der Waals surface area contributed by atoms with Crippen LogP contribution in [0.5, 0.6) is 5.75 Å². The zero-order chi connectivity index (χ0) is 10.0. The van der Waals surface area contributed by atoms with Crippen LogP contribution < -0.4 is 0 Å². The van der Waals surface area contributed by atoms with Gasteiger partial charge in [-0.1, -0.05) is 0 Å². The third kappa shape index (κ3) is 2.12. The maximum Gasteiger partial charge on any atom is 0.280 e. The van der Waals surface area contributed by atoms with E-state index in [0.29, 0.717) is 0 Å². The first-order valence-corrected chi connectivity index (χ1v) is 3.57. The van der Waals surface area contributed by atoms with Crippen molar-refractivity contribution in [2.24, 2.45) is 0 Å². The van der Waals surface area contributed by atoms with E-state index in [9.17, 15) is 13.6 Å². The Labute approximate surface area is 77.0 Å². The number of rotatable bonds is 2. The molecule has 0 unspecified atom stereocenters. The summed E-state index contributed by atoms with van der Waals surface area (Å²) in [4.78, 5) is 13.8. The molecule has 0 aliphatic rings. The first-order chi connectivity index (χ1) is 6.02. The summed E-state index contributed by atoms with van der Waals surface area (Å²) < 4.78 is 24.1. The molecule has 0 aliphatic heterocycles. The van der Waals surface area contributed by atoms with Crippen LogP contribution in [0.25, 0.3) is 0 Å². The molecular weight excluding hydrogens is 204 g/mol. The topological polar surface area (TPSA) is 50.2 Å². The summed E-state index contributed by atoms with van der Waals surface area (Å²) in [5.74, 6) is -0.510. The van der Waals surface area contributed by atoms with Crippen molar-refractivity contribution in [3.05, 3.63) is 23.5 Å². The van der Waals surface area contributed by atoms with Crippen molar-refractivity contribution < 1.29 is 18.7 Å². The van der Waals surface area contributed by atoms with Crippen molar-refractivity contribution >= 4 is 16.8 Å². The lowest BCUT2D eigenvalue weighted by atomic mass is 10.2. The number of hydrogen-bond donors (Lipinski definition) is 1. The van der Waals surface area contributed by atoms with Crippen LogP contribution in [-0.2, 0) is 0 Å². The van der Waals surface area contributed by atoms with Crippen molar-refractivity contribution in [2.45, 2.75) is 6.43 Å². The first kappa shape index (κ1) is 9.85. The number of carbonyl (C=O) groups is 1. The Balaban J connectivity index is 3.19. The monoisotopic (exact) mass is 207 g/mol. The number of carbonyl (C=O) groups excluding carboxylic acids is 1. The lowest BCUT2D eigenvalue weighted by molar-refractivity contribution is 0.107. The van der Waals surface area contributed by atoms with Gasteiger partial charge in [0.05, 0.1) is 11.8 Å². The molecule has 0 aromatic carbocycles. The lowest BCUT2D eigenvalue weighted by Crippen LogP contribution is -1.96. The highest BCUT2D eigenvalue weighted by Crippen LogP contribution is 2.23. The van der Waals surface area contributed by atoms with E-state index in [-0.39, 0.29) is 5.56 Å². The van der Waals surface area contributed by atoms with E-state index in [1.165, 1.54) is 0 Å². The van der Waals surface area contributed by atoms with Crippen LogP contribution in [0.15, 0.2) is 12.3 Å². The summed E-state index contributed by atoms with van der Waals surface area (Å²) in [5, 5.41) is 7.98. The molecule has 1 rings (SSSR count). The molecule has 70 valence electrons. The highest BCUT2D eigenvalue weighted by molar-refractivity contribution is 6.68. The number of hydrogen-bond acceptors (Lipinski definition) is 3. The molecule has 0 amide bonds. The minimum Gasteiger partial charge on any atom is -0.506 e. The molecule has 1 aromatic rings. The van der Waals surface area contributed by atoms with Crippen LogP contribution in [0, 0.1) is 0 Å². The number of aromatic nitrogens is 1. The van der Waals surface area contributed by atoms with Crippen molar-refractivity contribution in [1.82, 2.24) is 4.98 Å². The first-order valence-electron chi connectivity index (χ1n) is 3.19. The van der Waals surface area contributed by atoms with E-state index in [1.54, 1.807) is 0 Å². The van der Waals surface area contributed by atoms with Crippen LogP contribution in [0.4, 0.5) is 8.78 Å². The predicted molar refractivity (Wildman–Crippen MR) is 41.0 cm³/mol. The molecule has 3 nitrogen and oxygen atoms in total. The molecule has 13 heavy (non-hydrogen) atoms. The molecule has 0 fully saturated rings. The third-order valence-electron chi connectivity index (χ3n) is 1.34. The molecule has 1 heterocycles. The second kappa shape index (κ2) is 3.66. The SMILES string of the molecule is O=C(Cl)c1cc(C(F)F)ncc1O. The van der Waals surface area contributed by atoms with E-state index >= 15 is 0 Å². The molecule has 0 aliphatic carbocycles. The van der Waals surface area contributed by atoms with Crippen LogP contribution >= 0.6 is 11.6 Å². The smallest absolute Gasteiger partial charge is 0.280 e. The number of aromatic hydroxyl groups is 1. The van der Waals surface area contributed by atoms with Crippen molar-refractivity contribution in [2.75, 3.05) is 0 Å². The molecule has 6 heteroatoms. The van der Waals surface area contributed by atoms with Gasteiger partial charge in [0.2, 0.25) is 0 Å². The zero-order valence-electron chi connectivity index (χ0n) is 6.17. The largest absolute Gasteiger partial charge is 0.506 e. The summed E-state index contributed by atoms with van der Waals surface area (Å²) >= 11 is 5.01. The average Bonchev–Trinajstić information content (AvgIpc) is 2.04. The predicted octanol–water partition coefficient (Wildman–Crippen LogP) is 2.10. The van der Waals surface area contributed by atoms with Gasteiger partial charge in [-0.2, -0.15) is 0 Å².